The van der Waals surface area contributed by atoms with E-state index in [2.05, 4.69) is 19.9 Å². The van der Waals surface area contributed by atoms with Crippen LogP contribution in [0.5, 0.6) is 0 Å². The Balaban J connectivity index is 1.62. The summed E-state index contributed by atoms with van der Waals surface area (Å²) in [7, 11) is 0. The molecule has 0 bridgehead atoms. The highest BCUT2D eigenvalue weighted by atomic mass is 15.3. The Labute approximate surface area is 119 Å². The molecule has 6 heteroatoms. The predicted molar refractivity (Wildman–Crippen MR) is 79.9 cm³/mol. The number of piperazine rings is 1. The van der Waals surface area contributed by atoms with Gasteiger partial charge in [0.1, 0.15) is 5.52 Å². The van der Waals surface area contributed by atoms with Gasteiger partial charge in [-0.25, -0.2) is 9.50 Å². The van der Waals surface area contributed by atoms with Crippen LogP contribution < -0.4 is 10.6 Å². The second kappa shape index (κ2) is 6.19. The van der Waals surface area contributed by atoms with Crippen molar-refractivity contribution < 1.29 is 0 Å². The molecule has 0 atom stereocenters. The van der Waals surface area contributed by atoms with Gasteiger partial charge >= 0.3 is 0 Å². The number of rotatable bonds is 5. The molecule has 2 N–H and O–H groups in total. The Morgan fingerprint density at radius 1 is 1.10 bits per heavy atom. The Bertz CT molecular complexity index is 543. The number of nitrogens with two attached hydrogens (primary N) is 1. The number of nitrogens with zero attached hydrogens (tertiary/aromatic N) is 5. The molecule has 6 nitrogen and oxygen atoms in total. The average molecular weight is 274 g/mol. The average Bonchev–Trinajstić information content (AvgIpc) is 2.97. The molecule has 0 aromatic carbocycles. The van der Waals surface area contributed by atoms with Crippen LogP contribution in [0.4, 0.5) is 5.82 Å². The molecule has 1 aliphatic rings. The second-order valence-corrected chi connectivity index (χ2v) is 5.24. The van der Waals surface area contributed by atoms with Gasteiger partial charge in [0.15, 0.2) is 5.82 Å². The molecule has 3 rings (SSSR count). The Morgan fingerprint density at radius 3 is 2.75 bits per heavy atom. The number of unbranched alkanes of at least 4 members (excludes halogenated alkanes) is 1. The van der Waals surface area contributed by atoms with Crippen molar-refractivity contribution in [2.45, 2.75) is 12.8 Å². The summed E-state index contributed by atoms with van der Waals surface area (Å²) >= 11 is 0. The maximum absolute atomic E-state index is 5.54. The fourth-order valence-electron chi connectivity index (χ4n) is 2.75. The molecule has 0 radical (unpaired) electrons. The van der Waals surface area contributed by atoms with Crippen LogP contribution in [0.3, 0.4) is 0 Å². The third kappa shape index (κ3) is 2.76. The normalized spacial score (nSPS) is 16.9. The van der Waals surface area contributed by atoms with Crippen molar-refractivity contribution in [2.24, 2.45) is 5.73 Å². The molecule has 0 unspecified atom stereocenters. The largest absolute Gasteiger partial charge is 0.352 e. The summed E-state index contributed by atoms with van der Waals surface area (Å²) in [6.45, 7) is 6.21. The van der Waals surface area contributed by atoms with Crippen molar-refractivity contribution in [1.82, 2.24) is 19.5 Å². The summed E-state index contributed by atoms with van der Waals surface area (Å²) in [5.74, 6) is 1.05. The highest BCUT2D eigenvalue weighted by Gasteiger charge is 2.19. The first-order valence-electron chi connectivity index (χ1n) is 7.34. The van der Waals surface area contributed by atoms with Crippen LogP contribution in [-0.4, -0.2) is 58.8 Å². The molecule has 0 spiro atoms. The van der Waals surface area contributed by atoms with Crippen molar-refractivity contribution in [3.8, 4) is 0 Å². The van der Waals surface area contributed by atoms with E-state index in [4.69, 9.17) is 5.73 Å². The fourth-order valence-corrected chi connectivity index (χ4v) is 2.75. The molecular weight excluding hydrogens is 252 g/mol. The summed E-state index contributed by atoms with van der Waals surface area (Å²) in [4.78, 5) is 9.41. The molecule has 2 aromatic heterocycles. The molecular formula is C14H22N6. The zero-order chi connectivity index (χ0) is 13.8. The van der Waals surface area contributed by atoms with Gasteiger partial charge in [0.05, 0.1) is 6.20 Å². The Morgan fingerprint density at radius 2 is 1.95 bits per heavy atom. The van der Waals surface area contributed by atoms with Crippen molar-refractivity contribution in [3.63, 3.8) is 0 Å². The number of hydrogen-bond donors (Lipinski definition) is 1. The first kappa shape index (κ1) is 13.3. The molecule has 1 aliphatic heterocycles. The molecule has 1 saturated heterocycles. The summed E-state index contributed by atoms with van der Waals surface area (Å²) < 4.78 is 1.88. The first-order valence-corrected chi connectivity index (χ1v) is 7.34. The SMILES string of the molecule is NCCCCN1CCN(c2nccn3nccc23)CC1. The summed E-state index contributed by atoms with van der Waals surface area (Å²) in [5, 5.41) is 4.27. The van der Waals surface area contributed by atoms with Gasteiger partial charge in [0.2, 0.25) is 0 Å². The second-order valence-electron chi connectivity index (χ2n) is 5.24. The van der Waals surface area contributed by atoms with E-state index >= 15 is 0 Å². The van der Waals surface area contributed by atoms with E-state index in [0.717, 1.165) is 57.0 Å². The maximum atomic E-state index is 5.54. The van der Waals surface area contributed by atoms with E-state index in [1.807, 2.05) is 29.2 Å². The molecule has 0 aliphatic carbocycles. The maximum Gasteiger partial charge on any atom is 0.154 e. The molecule has 108 valence electrons. The van der Waals surface area contributed by atoms with Crippen molar-refractivity contribution in [2.75, 3.05) is 44.2 Å². The van der Waals surface area contributed by atoms with E-state index in [1.165, 1.54) is 6.42 Å². The predicted octanol–water partition coefficient (Wildman–Crippen LogP) is 0.590. The lowest BCUT2D eigenvalue weighted by molar-refractivity contribution is 0.253. The van der Waals surface area contributed by atoms with Gasteiger partial charge in [-0.2, -0.15) is 5.10 Å². The summed E-state index contributed by atoms with van der Waals surface area (Å²) in [6.07, 6.45) is 7.86. The third-order valence-electron chi connectivity index (χ3n) is 3.90. The zero-order valence-electron chi connectivity index (χ0n) is 11.8. The molecule has 1 fully saturated rings. The molecule has 2 aromatic rings. The summed E-state index contributed by atoms with van der Waals surface area (Å²) in [5.41, 5.74) is 6.63. The van der Waals surface area contributed by atoms with Gasteiger partial charge in [0, 0.05) is 38.6 Å². The van der Waals surface area contributed by atoms with E-state index in [0.29, 0.717) is 0 Å². The molecule has 0 saturated carbocycles. The van der Waals surface area contributed by atoms with Crippen molar-refractivity contribution >= 4 is 11.3 Å². The fraction of sp³-hybridized carbons (Fsp3) is 0.571. The minimum atomic E-state index is 0.799. The quantitative estimate of drug-likeness (QED) is 0.809. The van der Waals surface area contributed by atoms with Crippen molar-refractivity contribution in [3.05, 3.63) is 24.7 Å². The minimum Gasteiger partial charge on any atom is -0.352 e. The summed E-state index contributed by atoms with van der Waals surface area (Å²) in [6, 6.07) is 2.02. The van der Waals surface area contributed by atoms with Crippen LogP contribution in [-0.2, 0) is 0 Å². The van der Waals surface area contributed by atoms with Gasteiger partial charge in [-0.15, -0.1) is 0 Å². The smallest absolute Gasteiger partial charge is 0.154 e. The first-order chi connectivity index (χ1) is 9.88. The van der Waals surface area contributed by atoms with Gasteiger partial charge in [-0.1, -0.05) is 0 Å². The zero-order valence-corrected chi connectivity index (χ0v) is 11.8. The molecule has 3 heterocycles. The monoisotopic (exact) mass is 274 g/mol. The van der Waals surface area contributed by atoms with Gasteiger partial charge in [-0.05, 0) is 32.0 Å². The lowest BCUT2D eigenvalue weighted by Crippen LogP contribution is -2.47. The molecule has 20 heavy (non-hydrogen) atoms. The number of aromatic nitrogens is 3. The number of fused-ring (bicyclic) bond motifs is 1. The van der Waals surface area contributed by atoms with Crippen molar-refractivity contribution in [1.29, 1.82) is 0 Å². The van der Waals surface area contributed by atoms with Crippen LogP contribution in [0.2, 0.25) is 0 Å². The lowest BCUT2D eigenvalue weighted by Gasteiger charge is -2.35. The molecule has 0 amide bonds. The van der Waals surface area contributed by atoms with Crippen LogP contribution in [0, 0.1) is 0 Å². The van der Waals surface area contributed by atoms with Crippen LogP contribution in [0.1, 0.15) is 12.8 Å². The Kier molecular flexibility index (Phi) is 4.13. The van der Waals surface area contributed by atoms with Gasteiger partial charge in [0.25, 0.3) is 0 Å². The van der Waals surface area contributed by atoms with Crippen LogP contribution >= 0.6 is 0 Å². The standard InChI is InChI=1S/C14H22N6/c15-4-1-2-7-18-9-11-19(12-10-18)14-13-3-5-17-20(13)8-6-16-14/h3,5-6,8H,1-2,4,7,9-12,15H2. The van der Waals surface area contributed by atoms with Crippen LogP contribution in [0.15, 0.2) is 24.7 Å². The minimum absolute atomic E-state index is 0.799. The van der Waals surface area contributed by atoms with E-state index in [-0.39, 0.29) is 0 Å². The van der Waals surface area contributed by atoms with E-state index in [9.17, 15) is 0 Å². The van der Waals surface area contributed by atoms with Gasteiger partial charge < -0.3 is 10.6 Å². The third-order valence-corrected chi connectivity index (χ3v) is 3.90. The Hall–Kier alpha value is -1.66. The lowest BCUT2D eigenvalue weighted by atomic mass is 10.2. The highest BCUT2D eigenvalue weighted by molar-refractivity contribution is 5.68. The number of anilines is 1. The van der Waals surface area contributed by atoms with Gasteiger partial charge in [-0.3, -0.25) is 4.90 Å². The topological polar surface area (TPSA) is 62.7 Å². The van der Waals surface area contributed by atoms with E-state index in [1.54, 1.807) is 0 Å². The van der Waals surface area contributed by atoms with E-state index < -0.39 is 0 Å². The van der Waals surface area contributed by atoms with Crippen LogP contribution in [0.25, 0.3) is 5.52 Å². The number of hydrogen-bond acceptors (Lipinski definition) is 5. The highest BCUT2D eigenvalue weighted by Crippen LogP contribution is 2.19.